The summed E-state index contributed by atoms with van der Waals surface area (Å²) >= 11 is 0. The Morgan fingerprint density at radius 3 is 1.45 bits per heavy atom. The summed E-state index contributed by atoms with van der Waals surface area (Å²) in [5.41, 5.74) is 6.53. The maximum absolute atomic E-state index is 10.9. The van der Waals surface area contributed by atoms with Crippen LogP contribution < -0.4 is 0 Å². The SMILES string of the molecule is CCCC1CCC(c2ccc(C(c3ccc(O)c(-c4ccccc4O)c3)c3ccc(O)c(-c4ccccc4O)c3)cc2)CC1. The van der Waals surface area contributed by atoms with E-state index in [9.17, 15) is 20.4 Å². The fourth-order valence-electron chi connectivity index (χ4n) is 7.03. The first-order valence-corrected chi connectivity index (χ1v) is 15.7. The van der Waals surface area contributed by atoms with Gasteiger partial charge in [-0.1, -0.05) is 92.6 Å². The lowest BCUT2D eigenvalue weighted by molar-refractivity contribution is 0.308. The number of rotatable bonds is 8. The van der Waals surface area contributed by atoms with Crippen LogP contribution in [0.15, 0.2) is 109 Å². The van der Waals surface area contributed by atoms with Crippen LogP contribution in [0.2, 0.25) is 0 Å². The molecule has 1 aliphatic carbocycles. The van der Waals surface area contributed by atoms with Crippen molar-refractivity contribution in [3.63, 3.8) is 0 Å². The Hall–Kier alpha value is -4.70. The quantitative estimate of drug-likeness (QED) is 0.137. The number of hydrogen-bond acceptors (Lipinski definition) is 4. The Bertz CT molecular complexity index is 1640. The lowest BCUT2D eigenvalue weighted by Gasteiger charge is -2.29. The highest BCUT2D eigenvalue weighted by molar-refractivity contribution is 5.78. The first kappa shape index (κ1) is 29.4. The third kappa shape index (κ3) is 6.03. The average Bonchev–Trinajstić information content (AvgIpc) is 3.04. The Morgan fingerprint density at radius 2 is 0.977 bits per heavy atom. The van der Waals surface area contributed by atoms with Gasteiger partial charge in [-0.2, -0.15) is 0 Å². The fourth-order valence-corrected chi connectivity index (χ4v) is 7.03. The van der Waals surface area contributed by atoms with Gasteiger partial charge in [0.2, 0.25) is 0 Å². The molecule has 4 nitrogen and oxygen atoms in total. The maximum atomic E-state index is 10.9. The molecule has 1 saturated carbocycles. The third-order valence-electron chi connectivity index (χ3n) is 9.38. The minimum Gasteiger partial charge on any atom is -0.507 e. The minimum atomic E-state index is -0.236. The van der Waals surface area contributed by atoms with E-state index in [1.807, 2.05) is 36.4 Å². The molecule has 0 aliphatic heterocycles. The number of phenolic OH excluding ortho intramolecular Hbond substituents is 4. The van der Waals surface area contributed by atoms with Crippen LogP contribution in [0.4, 0.5) is 0 Å². The van der Waals surface area contributed by atoms with Gasteiger partial charge >= 0.3 is 0 Å². The molecule has 224 valence electrons. The van der Waals surface area contributed by atoms with E-state index in [0.29, 0.717) is 28.2 Å². The van der Waals surface area contributed by atoms with Crippen LogP contribution in [0.1, 0.15) is 79.5 Å². The van der Waals surface area contributed by atoms with Crippen molar-refractivity contribution >= 4 is 0 Å². The molecule has 0 saturated heterocycles. The van der Waals surface area contributed by atoms with E-state index < -0.39 is 0 Å². The molecule has 0 atom stereocenters. The second-order valence-corrected chi connectivity index (χ2v) is 12.2. The van der Waals surface area contributed by atoms with Crippen molar-refractivity contribution < 1.29 is 20.4 Å². The molecule has 5 aromatic carbocycles. The molecule has 0 bridgehead atoms. The van der Waals surface area contributed by atoms with Crippen molar-refractivity contribution in [1.82, 2.24) is 0 Å². The Labute approximate surface area is 259 Å². The Kier molecular flexibility index (Phi) is 8.60. The zero-order valence-corrected chi connectivity index (χ0v) is 25.2. The largest absolute Gasteiger partial charge is 0.507 e. The van der Waals surface area contributed by atoms with Gasteiger partial charge in [0.15, 0.2) is 0 Å². The summed E-state index contributed by atoms with van der Waals surface area (Å²) in [7, 11) is 0. The van der Waals surface area contributed by atoms with Crippen molar-refractivity contribution in [2.24, 2.45) is 5.92 Å². The number of benzene rings is 5. The van der Waals surface area contributed by atoms with Crippen LogP contribution in [-0.4, -0.2) is 20.4 Å². The van der Waals surface area contributed by atoms with Crippen molar-refractivity contribution in [2.75, 3.05) is 0 Å². The van der Waals surface area contributed by atoms with Crippen molar-refractivity contribution in [1.29, 1.82) is 0 Å². The van der Waals surface area contributed by atoms with Gasteiger partial charge in [-0.05, 0) is 96.2 Å². The third-order valence-corrected chi connectivity index (χ3v) is 9.38. The van der Waals surface area contributed by atoms with Gasteiger partial charge in [-0.15, -0.1) is 0 Å². The molecular weight excluding hydrogens is 544 g/mol. The van der Waals surface area contributed by atoms with Gasteiger partial charge in [-0.3, -0.25) is 0 Å². The van der Waals surface area contributed by atoms with Crippen molar-refractivity contribution in [2.45, 2.75) is 57.3 Å². The topological polar surface area (TPSA) is 80.9 Å². The molecule has 1 aliphatic rings. The second kappa shape index (κ2) is 12.9. The molecule has 0 radical (unpaired) electrons. The van der Waals surface area contributed by atoms with Crippen LogP contribution in [-0.2, 0) is 0 Å². The van der Waals surface area contributed by atoms with E-state index in [1.165, 1.54) is 44.1 Å². The molecule has 0 aromatic heterocycles. The summed E-state index contributed by atoms with van der Waals surface area (Å²) in [6, 6.07) is 34.0. The first-order valence-electron chi connectivity index (χ1n) is 15.7. The molecule has 4 N–H and O–H groups in total. The molecule has 6 rings (SSSR count). The fraction of sp³-hybridized carbons (Fsp3) is 0.250. The summed E-state index contributed by atoms with van der Waals surface area (Å²) in [5.74, 6) is 1.58. The van der Waals surface area contributed by atoms with E-state index in [2.05, 4.69) is 31.2 Å². The number of phenols is 4. The van der Waals surface area contributed by atoms with Gasteiger partial charge in [0.25, 0.3) is 0 Å². The number of hydrogen-bond donors (Lipinski definition) is 4. The van der Waals surface area contributed by atoms with Crippen LogP contribution in [0.3, 0.4) is 0 Å². The van der Waals surface area contributed by atoms with Gasteiger partial charge in [0.1, 0.15) is 23.0 Å². The molecule has 0 unspecified atom stereocenters. The second-order valence-electron chi connectivity index (χ2n) is 12.2. The lowest BCUT2D eigenvalue weighted by Crippen LogP contribution is -2.13. The van der Waals surface area contributed by atoms with Crippen LogP contribution in [0.25, 0.3) is 22.3 Å². The standard InChI is InChI=1S/C40H40O4/c1-2-7-26-12-14-27(15-13-26)28-16-18-29(19-17-28)40(30-20-22-38(43)34(24-30)32-8-3-5-10-36(32)41)31-21-23-39(44)35(25-31)33-9-4-6-11-37(33)42/h3-6,8-11,16-27,40-44H,2,7,12-15H2,1H3. The van der Waals surface area contributed by atoms with E-state index in [4.69, 9.17) is 0 Å². The predicted molar refractivity (Wildman–Crippen MR) is 177 cm³/mol. The summed E-state index contributed by atoms with van der Waals surface area (Å²) < 4.78 is 0. The normalized spacial score (nSPS) is 16.7. The lowest BCUT2D eigenvalue weighted by atomic mass is 9.76. The molecule has 4 heteroatoms. The predicted octanol–water partition coefficient (Wildman–Crippen LogP) is 10.1. The van der Waals surface area contributed by atoms with Crippen LogP contribution >= 0.6 is 0 Å². The van der Waals surface area contributed by atoms with Gasteiger partial charge in [0, 0.05) is 28.2 Å². The van der Waals surface area contributed by atoms with Gasteiger partial charge in [-0.25, -0.2) is 0 Å². The van der Waals surface area contributed by atoms with Gasteiger partial charge in [0.05, 0.1) is 0 Å². The average molecular weight is 585 g/mol. The first-order chi connectivity index (χ1) is 21.4. The van der Waals surface area contributed by atoms with Crippen molar-refractivity contribution in [3.05, 3.63) is 131 Å². The van der Waals surface area contributed by atoms with E-state index in [1.54, 1.807) is 48.5 Å². The van der Waals surface area contributed by atoms with E-state index >= 15 is 0 Å². The molecular formula is C40H40O4. The number of aromatic hydroxyl groups is 4. The highest BCUT2D eigenvalue weighted by atomic mass is 16.3. The molecule has 0 amide bonds. The Morgan fingerprint density at radius 1 is 0.523 bits per heavy atom. The minimum absolute atomic E-state index is 0.0867. The highest BCUT2D eigenvalue weighted by Crippen LogP contribution is 2.44. The summed E-state index contributed by atoms with van der Waals surface area (Å²) in [6.45, 7) is 2.28. The summed E-state index contributed by atoms with van der Waals surface area (Å²) in [6.07, 6.45) is 7.66. The summed E-state index contributed by atoms with van der Waals surface area (Å²) in [4.78, 5) is 0. The molecule has 5 aromatic rings. The highest BCUT2D eigenvalue weighted by Gasteiger charge is 2.24. The van der Waals surface area contributed by atoms with Crippen molar-refractivity contribution in [3.8, 4) is 45.3 Å². The molecule has 0 spiro atoms. The monoisotopic (exact) mass is 584 g/mol. The molecule has 1 fully saturated rings. The van der Waals surface area contributed by atoms with E-state index in [0.717, 1.165) is 22.6 Å². The summed E-state index contributed by atoms with van der Waals surface area (Å²) in [5, 5.41) is 42.9. The molecule has 44 heavy (non-hydrogen) atoms. The van der Waals surface area contributed by atoms with Crippen LogP contribution in [0.5, 0.6) is 23.0 Å². The molecule has 0 heterocycles. The smallest absolute Gasteiger partial charge is 0.123 e. The van der Waals surface area contributed by atoms with Gasteiger partial charge < -0.3 is 20.4 Å². The van der Waals surface area contributed by atoms with E-state index in [-0.39, 0.29) is 28.9 Å². The zero-order valence-electron chi connectivity index (χ0n) is 25.2. The zero-order chi connectivity index (χ0) is 30.6. The number of para-hydroxylation sites is 2. The van der Waals surface area contributed by atoms with Crippen LogP contribution in [0, 0.1) is 5.92 Å². The maximum Gasteiger partial charge on any atom is 0.123 e. The Balaban J connectivity index is 1.43.